The van der Waals surface area contributed by atoms with Crippen molar-refractivity contribution in [2.75, 3.05) is 11.4 Å². The van der Waals surface area contributed by atoms with E-state index < -0.39 is 29.2 Å². The lowest BCUT2D eigenvalue weighted by Crippen LogP contribution is -2.56. The molecule has 30 heavy (non-hydrogen) atoms. The minimum Gasteiger partial charge on any atom is -0.443 e. The van der Waals surface area contributed by atoms with Gasteiger partial charge in [-0.05, 0) is 45.2 Å². The molecule has 0 bridgehead atoms. The van der Waals surface area contributed by atoms with Crippen LogP contribution in [0.5, 0.6) is 0 Å². The van der Waals surface area contributed by atoms with Crippen LogP contribution in [0.2, 0.25) is 5.28 Å². The zero-order chi connectivity index (χ0) is 22.1. The van der Waals surface area contributed by atoms with Crippen LogP contribution < -0.4 is 10.2 Å². The van der Waals surface area contributed by atoms with Gasteiger partial charge in [-0.25, -0.2) is 14.7 Å². The number of rotatable bonds is 3. The monoisotopic (exact) mass is 438 g/mol. The van der Waals surface area contributed by atoms with Crippen LogP contribution in [0.1, 0.15) is 69.7 Å². The van der Waals surface area contributed by atoms with Gasteiger partial charge in [0.1, 0.15) is 11.6 Å². The van der Waals surface area contributed by atoms with Crippen molar-refractivity contribution in [3.8, 4) is 0 Å². The fraction of sp³-hybridized carbons (Fsp3) is 0.650. The molecule has 9 nitrogen and oxygen atoms in total. The molecule has 1 atom stereocenters. The number of hydrogen-bond donors (Lipinski definition) is 2. The van der Waals surface area contributed by atoms with E-state index in [1.165, 1.54) is 6.20 Å². The lowest BCUT2D eigenvalue weighted by atomic mass is 9.85. The van der Waals surface area contributed by atoms with E-state index in [4.69, 9.17) is 16.3 Å². The van der Waals surface area contributed by atoms with Gasteiger partial charge in [0.25, 0.3) is 0 Å². The maximum atomic E-state index is 13.0. The number of carbonyl (C=O) groups is 3. The van der Waals surface area contributed by atoms with Crippen LogP contribution >= 0.6 is 11.6 Å². The number of aromatic nitrogens is 2. The molecule has 1 saturated carbocycles. The summed E-state index contributed by atoms with van der Waals surface area (Å²) in [7, 11) is 0. The molecule has 1 unspecified atom stereocenters. The van der Waals surface area contributed by atoms with E-state index in [0.29, 0.717) is 12.8 Å². The normalized spacial score (nSPS) is 21.0. The van der Waals surface area contributed by atoms with E-state index in [9.17, 15) is 19.5 Å². The summed E-state index contributed by atoms with van der Waals surface area (Å²) in [6.45, 7) is 5.14. The van der Waals surface area contributed by atoms with Crippen LogP contribution in [0, 0.1) is 0 Å². The highest BCUT2D eigenvalue weighted by Crippen LogP contribution is 2.32. The molecule has 1 aliphatic carbocycles. The van der Waals surface area contributed by atoms with Crippen molar-refractivity contribution in [2.24, 2.45) is 0 Å². The van der Waals surface area contributed by atoms with Crippen LogP contribution in [0.4, 0.5) is 10.6 Å². The number of anilines is 1. The molecule has 3 rings (SSSR count). The van der Waals surface area contributed by atoms with Gasteiger partial charge in [0, 0.05) is 19.2 Å². The number of carbonyl (C=O) groups excluding carboxylic acids is 3. The number of halogens is 1. The Kier molecular flexibility index (Phi) is 6.33. The number of ketones is 1. The fourth-order valence-electron chi connectivity index (χ4n) is 3.75. The van der Waals surface area contributed by atoms with Crippen molar-refractivity contribution in [2.45, 2.75) is 76.5 Å². The standard InChI is InChI=1S/C20H27ClN4O5/c1-19(2,3)30-18(28)25-13(9-14(26)12-10-22-17(21)24-15(12)25)16(27)23-11-20(29)7-5-4-6-8-20/h10,13,29H,4-9,11H2,1-3H3,(H,23,27). The lowest BCUT2D eigenvalue weighted by Gasteiger charge is -2.36. The Labute approximate surface area is 180 Å². The number of ether oxygens (including phenoxy) is 1. The van der Waals surface area contributed by atoms with E-state index >= 15 is 0 Å². The van der Waals surface area contributed by atoms with E-state index in [1.54, 1.807) is 20.8 Å². The number of nitrogens with one attached hydrogen (secondary N) is 1. The Morgan fingerprint density at radius 2 is 2.00 bits per heavy atom. The summed E-state index contributed by atoms with van der Waals surface area (Å²) in [4.78, 5) is 47.4. The highest BCUT2D eigenvalue weighted by atomic mass is 35.5. The molecule has 0 spiro atoms. The molecule has 2 aliphatic rings. The summed E-state index contributed by atoms with van der Waals surface area (Å²) >= 11 is 5.89. The maximum absolute atomic E-state index is 13.0. The third kappa shape index (κ3) is 5.07. The highest BCUT2D eigenvalue weighted by molar-refractivity contribution is 6.28. The van der Waals surface area contributed by atoms with Crippen LogP contribution in [0.3, 0.4) is 0 Å². The fourth-order valence-corrected chi connectivity index (χ4v) is 3.88. The molecular weight excluding hydrogens is 412 g/mol. The average molecular weight is 439 g/mol. The highest BCUT2D eigenvalue weighted by Gasteiger charge is 2.43. The van der Waals surface area contributed by atoms with Crippen molar-refractivity contribution >= 4 is 35.2 Å². The Balaban J connectivity index is 1.87. The van der Waals surface area contributed by atoms with E-state index in [1.807, 2.05) is 0 Å². The van der Waals surface area contributed by atoms with Gasteiger partial charge < -0.3 is 15.2 Å². The molecule has 2 amide bonds. The second kappa shape index (κ2) is 8.47. The Morgan fingerprint density at radius 3 is 2.63 bits per heavy atom. The molecule has 0 radical (unpaired) electrons. The Morgan fingerprint density at radius 1 is 1.33 bits per heavy atom. The molecule has 0 saturated heterocycles. The first kappa shape index (κ1) is 22.4. The first-order valence-corrected chi connectivity index (χ1v) is 10.4. The summed E-state index contributed by atoms with van der Waals surface area (Å²) in [6.07, 6.45) is 4.20. The first-order valence-electron chi connectivity index (χ1n) is 10.1. The molecule has 1 aromatic rings. The summed E-state index contributed by atoms with van der Waals surface area (Å²) in [5.41, 5.74) is -1.71. The summed E-state index contributed by atoms with van der Waals surface area (Å²) in [6, 6.07) is -1.17. The SMILES string of the molecule is CC(C)(C)OC(=O)N1c2nc(Cl)ncc2C(=O)CC1C(=O)NCC1(O)CCCCC1. The second-order valence-electron chi connectivity index (χ2n) is 8.87. The van der Waals surface area contributed by atoms with Crippen LogP contribution in [-0.2, 0) is 9.53 Å². The van der Waals surface area contributed by atoms with E-state index in [-0.39, 0.29) is 35.4 Å². The number of nitrogens with zero attached hydrogens (tertiary/aromatic N) is 3. The summed E-state index contributed by atoms with van der Waals surface area (Å²) in [5.74, 6) is -0.997. The Hall–Kier alpha value is -2.26. The van der Waals surface area contributed by atoms with Crippen LogP contribution in [0.25, 0.3) is 0 Å². The molecule has 164 valence electrons. The molecule has 0 aromatic carbocycles. The van der Waals surface area contributed by atoms with E-state index in [2.05, 4.69) is 15.3 Å². The number of hydrogen-bond acceptors (Lipinski definition) is 7. The van der Waals surface area contributed by atoms with Crippen molar-refractivity contribution in [3.05, 3.63) is 17.0 Å². The maximum Gasteiger partial charge on any atom is 0.416 e. The van der Waals surface area contributed by atoms with Crippen molar-refractivity contribution in [3.63, 3.8) is 0 Å². The van der Waals surface area contributed by atoms with Crippen molar-refractivity contribution in [1.29, 1.82) is 0 Å². The van der Waals surface area contributed by atoms with Gasteiger partial charge in [-0.3, -0.25) is 9.59 Å². The molecule has 1 aromatic heterocycles. The molecule has 10 heteroatoms. The number of aliphatic hydroxyl groups is 1. The number of amides is 2. The van der Waals surface area contributed by atoms with Crippen LogP contribution in [-0.4, -0.2) is 56.6 Å². The lowest BCUT2D eigenvalue weighted by molar-refractivity contribution is -0.124. The molecular formula is C20H27ClN4O5. The average Bonchev–Trinajstić information content (AvgIpc) is 2.64. The first-order chi connectivity index (χ1) is 14.0. The van der Waals surface area contributed by atoms with Gasteiger partial charge in [0.2, 0.25) is 11.2 Å². The van der Waals surface area contributed by atoms with Crippen LogP contribution in [0.15, 0.2) is 6.20 Å². The quantitative estimate of drug-likeness (QED) is 0.695. The van der Waals surface area contributed by atoms with Crippen molar-refractivity contribution < 1.29 is 24.2 Å². The number of fused-ring (bicyclic) bond motifs is 1. The molecule has 1 aliphatic heterocycles. The topological polar surface area (TPSA) is 122 Å². The third-order valence-electron chi connectivity index (χ3n) is 5.23. The summed E-state index contributed by atoms with van der Waals surface area (Å²) < 4.78 is 5.45. The smallest absolute Gasteiger partial charge is 0.416 e. The molecule has 2 N–H and O–H groups in total. The summed E-state index contributed by atoms with van der Waals surface area (Å²) in [5, 5.41) is 13.2. The minimum absolute atomic E-state index is 0.0517. The minimum atomic E-state index is -1.17. The predicted octanol–water partition coefficient (Wildman–Crippen LogP) is 2.64. The molecule has 1 fully saturated rings. The predicted molar refractivity (Wildman–Crippen MR) is 110 cm³/mol. The zero-order valence-corrected chi connectivity index (χ0v) is 18.2. The van der Waals surface area contributed by atoms with Gasteiger partial charge >= 0.3 is 6.09 Å². The van der Waals surface area contributed by atoms with Gasteiger partial charge in [-0.15, -0.1) is 0 Å². The zero-order valence-electron chi connectivity index (χ0n) is 17.4. The molecule has 2 heterocycles. The van der Waals surface area contributed by atoms with E-state index in [0.717, 1.165) is 24.2 Å². The van der Waals surface area contributed by atoms with Gasteiger partial charge in [0.05, 0.1) is 11.2 Å². The largest absolute Gasteiger partial charge is 0.443 e. The second-order valence-corrected chi connectivity index (χ2v) is 9.21. The van der Waals surface area contributed by atoms with Crippen molar-refractivity contribution in [1.82, 2.24) is 15.3 Å². The Bertz CT molecular complexity index is 848. The van der Waals surface area contributed by atoms with Gasteiger partial charge in [-0.1, -0.05) is 19.3 Å². The third-order valence-corrected chi connectivity index (χ3v) is 5.41. The van der Waals surface area contributed by atoms with Gasteiger partial charge in [-0.2, -0.15) is 4.98 Å². The number of Topliss-reactive ketones (excluding diaryl/α,β-unsaturated/α-hetero) is 1. The van der Waals surface area contributed by atoms with Gasteiger partial charge in [0.15, 0.2) is 11.6 Å².